The molecule has 20 heavy (non-hydrogen) atoms. The lowest BCUT2D eigenvalue weighted by Crippen LogP contribution is -2.12. The van der Waals surface area contributed by atoms with Crippen molar-refractivity contribution in [2.75, 3.05) is 0 Å². The Morgan fingerprint density at radius 1 is 1.30 bits per heavy atom. The summed E-state index contributed by atoms with van der Waals surface area (Å²) in [5, 5.41) is 9.23. The van der Waals surface area contributed by atoms with Crippen LogP contribution >= 0.6 is 11.8 Å². The van der Waals surface area contributed by atoms with E-state index in [0.717, 1.165) is 21.9 Å². The van der Waals surface area contributed by atoms with Crippen molar-refractivity contribution in [3.8, 4) is 6.07 Å². The Labute approximate surface area is 119 Å². The highest BCUT2D eigenvalue weighted by Crippen LogP contribution is 2.41. The number of nitrogens with zero attached hydrogens (tertiary/aromatic N) is 2. The van der Waals surface area contributed by atoms with Crippen LogP contribution in [0.25, 0.3) is 0 Å². The van der Waals surface area contributed by atoms with E-state index < -0.39 is 5.63 Å². The summed E-state index contributed by atoms with van der Waals surface area (Å²) in [6, 6.07) is 9.61. The molecule has 0 saturated heterocycles. The zero-order valence-electron chi connectivity index (χ0n) is 10.9. The van der Waals surface area contributed by atoms with Gasteiger partial charge in [-0.15, -0.1) is 0 Å². The average molecular weight is 282 g/mol. The van der Waals surface area contributed by atoms with Gasteiger partial charge in [-0.05, 0) is 26.0 Å². The molecule has 0 bridgehead atoms. The monoisotopic (exact) mass is 282 g/mol. The Bertz CT molecular complexity index is 844. The molecule has 0 amide bonds. The van der Waals surface area contributed by atoms with Gasteiger partial charge in [0.15, 0.2) is 5.56 Å². The van der Waals surface area contributed by atoms with Crippen molar-refractivity contribution < 1.29 is 4.42 Å². The SMILES string of the molecule is CC1=Nc2ccccc2Sc2c1c(C)oc(=O)c2C#N. The van der Waals surface area contributed by atoms with E-state index in [4.69, 9.17) is 4.42 Å². The van der Waals surface area contributed by atoms with E-state index in [1.54, 1.807) is 6.92 Å². The fourth-order valence-electron chi connectivity index (χ4n) is 2.22. The number of benzene rings is 1. The zero-order valence-corrected chi connectivity index (χ0v) is 11.7. The highest BCUT2D eigenvalue weighted by molar-refractivity contribution is 7.99. The third-order valence-corrected chi connectivity index (χ3v) is 4.27. The lowest BCUT2D eigenvalue weighted by atomic mass is 10.1. The van der Waals surface area contributed by atoms with Gasteiger partial charge in [-0.3, -0.25) is 4.99 Å². The lowest BCUT2D eigenvalue weighted by Gasteiger charge is -2.09. The maximum absolute atomic E-state index is 11.8. The van der Waals surface area contributed by atoms with Crippen LogP contribution in [0.3, 0.4) is 0 Å². The number of aryl methyl sites for hydroxylation is 1. The van der Waals surface area contributed by atoms with Crippen LogP contribution in [-0.2, 0) is 0 Å². The molecular weight excluding hydrogens is 272 g/mol. The maximum atomic E-state index is 11.8. The van der Waals surface area contributed by atoms with E-state index in [0.29, 0.717) is 10.7 Å². The van der Waals surface area contributed by atoms with E-state index in [2.05, 4.69) is 4.99 Å². The van der Waals surface area contributed by atoms with Crippen LogP contribution in [0.2, 0.25) is 0 Å². The number of hydrogen-bond acceptors (Lipinski definition) is 5. The van der Waals surface area contributed by atoms with E-state index in [1.165, 1.54) is 11.8 Å². The van der Waals surface area contributed by atoms with Crippen LogP contribution in [0.15, 0.2) is 48.3 Å². The minimum absolute atomic E-state index is 0.0434. The molecule has 0 aliphatic carbocycles. The number of fused-ring (bicyclic) bond motifs is 2. The van der Waals surface area contributed by atoms with E-state index >= 15 is 0 Å². The standard InChI is InChI=1S/C15H10N2O2S/c1-8-13-9(2)19-15(18)10(7-16)14(13)20-12-6-4-3-5-11(12)17-8/h3-6H,1-2H3. The molecule has 0 spiro atoms. The van der Waals surface area contributed by atoms with Gasteiger partial charge in [-0.2, -0.15) is 5.26 Å². The Balaban J connectivity index is 2.41. The molecule has 2 aromatic rings. The number of aliphatic imine (C=N–C) groups is 1. The average Bonchev–Trinajstić information content (AvgIpc) is 2.54. The molecule has 0 N–H and O–H groups in total. The van der Waals surface area contributed by atoms with E-state index in [-0.39, 0.29) is 5.56 Å². The summed E-state index contributed by atoms with van der Waals surface area (Å²) in [5.41, 5.74) is 1.77. The summed E-state index contributed by atoms with van der Waals surface area (Å²) >= 11 is 1.39. The Kier molecular flexibility index (Phi) is 2.96. The number of rotatable bonds is 0. The molecule has 3 rings (SSSR count). The molecule has 0 fully saturated rings. The molecule has 1 aliphatic heterocycles. The maximum Gasteiger partial charge on any atom is 0.355 e. The fourth-order valence-corrected chi connectivity index (χ4v) is 3.43. The summed E-state index contributed by atoms with van der Waals surface area (Å²) in [6.45, 7) is 3.58. The second-order valence-corrected chi connectivity index (χ2v) is 5.46. The Morgan fingerprint density at radius 2 is 2.05 bits per heavy atom. The molecule has 0 radical (unpaired) electrons. The smallest absolute Gasteiger partial charge is 0.355 e. The third kappa shape index (κ3) is 1.86. The van der Waals surface area contributed by atoms with Gasteiger partial charge in [0, 0.05) is 21.1 Å². The number of hydrogen-bond donors (Lipinski definition) is 0. The van der Waals surface area contributed by atoms with E-state index in [9.17, 15) is 10.1 Å². The van der Waals surface area contributed by atoms with Crippen molar-refractivity contribution in [1.29, 1.82) is 5.26 Å². The van der Waals surface area contributed by atoms with Crippen LogP contribution in [0.5, 0.6) is 0 Å². The van der Waals surface area contributed by atoms with Crippen LogP contribution in [0.4, 0.5) is 5.69 Å². The summed E-state index contributed by atoms with van der Waals surface area (Å²) in [4.78, 5) is 18.0. The molecule has 1 aliphatic rings. The molecule has 1 aromatic carbocycles. The van der Waals surface area contributed by atoms with Crippen LogP contribution in [-0.4, -0.2) is 5.71 Å². The molecule has 0 atom stereocenters. The van der Waals surface area contributed by atoms with Crippen molar-refractivity contribution in [2.24, 2.45) is 4.99 Å². The summed E-state index contributed by atoms with van der Waals surface area (Å²) in [7, 11) is 0. The third-order valence-electron chi connectivity index (χ3n) is 3.10. The molecule has 5 heteroatoms. The topological polar surface area (TPSA) is 66.4 Å². The molecular formula is C15H10N2O2S. The largest absolute Gasteiger partial charge is 0.426 e. The van der Waals surface area contributed by atoms with E-state index in [1.807, 2.05) is 37.3 Å². The second kappa shape index (κ2) is 4.66. The predicted molar refractivity (Wildman–Crippen MR) is 76.9 cm³/mol. The van der Waals surface area contributed by atoms with Crippen LogP contribution in [0.1, 0.15) is 23.8 Å². The first-order valence-electron chi connectivity index (χ1n) is 6.02. The highest BCUT2D eigenvalue weighted by atomic mass is 32.2. The molecule has 2 heterocycles. The summed E-state index contributed by atoms with van der Waals surface area (Å²) < 4.78 is 5.15. The van der Waals surface area contributed by atoms with Crippen LogP contribution in [0, 0.1) is 18.3 Å². The summed E-state index contributed by atoms with van der Waals surface area (Å²) in [6.07, 6.45) is 0. The lowest BCUT2D eigenvalue weighted by molar-refractivity contribution is 0.471. The Hall–Kier alpha value is -2.32. The van der Waals surface area contributed by atoms with Gasteiger partial charge in [-0.1, -0.05) is 23.9 Å². The van der Waals surface area contributed by atoms with Gasteiger partial charge >= 0.3 is 5.63 Å². The first kappa shape index (κ1) is 12.7. The normalized spacial score (nSPS) is 12.8. The quantitative estimate of drug-likeness (QED) is 0.742. The first-order valence-corrected chi connectivity index (χ1v) is 6.84. The molecule has 0 unspecified atom stereocenters. The van der Waals surface area contributed by atoms with Gasteiger partial charge in [0.1, 0.15) is 11.8 Å². The number of para-hydroxylation sites is 1. The second-order valence-electron chi connectivity index (χ2n) is 4.40. The molecule has 4 nitrogen and oxygen atoms in total. The van der Waals surface area contributed by atoms with Crippen molar-refractivity contribution in [3.05, 3.63) is 51.6 Å². The van der Waals surface area contributed by atoms with Crippen LogP contribution < -0.4 is 5.63 Å². The Morgan fingerprint density at radius 3 is 2.80 bits per heavy atom. The van der Waals surface area contributed by atoms with Gasteiger partial charge in [0.25, 0.3) is 0 Å². The van der Waals surface area contributed by atoms with Crippen molar-refractivity contribution in [3.63, 3.8) is 0 Å². The first-order chi connectivity index (χ1) is 9.61. The van der Waals surface area contributed by atoms with Crippen molar-refractivity contribution in [2.45, 2.75) is 23.6 Å². The van der Waals surface area contributed by atoms with Crippen molar-refractivity contribution >= 4 is 23.2 Å². The minimum Gasteiger partial charge on any atom is -0.426 e. The highest BCUT2D eigenvalue weighted by Gasteiger charge is 2.23. The van der Waals surface area contributed by atoms with Gasteiger partial charge < -0.3 is 4.42 Å². The van der Waals surface area contributed by atoms with Crippen molar-refractivity contribution in [1.82, 2.24) is 0 Å². The zero-order chi connectivity index (χ0) is 14.3. The molecule has 1 aromatic heterocycles. The molecule has 98 valence electrons. The predicted octanol–water partition coefficient (Wildman–Crippen LogP) is 3.43. The summed E-state index contributed by atoms with van der Waals surface area (Å²) in [5.74, 6) is 0.491. The number of nitriles is 1. The van der Waals surface area contributed by atoms with Gasteiger partial charge in [0.2, 0.25) is 0 Å². The fraction of sp³-hybridized carbons (Fsp3) is 0.133. The molecule has 0 saturated carbocycles. The minimum atomic E-state index is -0.594. The van der Waals surface area contributed by atoms with Gasteiger partial charge in [-0.25, -0.2) is 4.79 Å². The van der Waals surface area contributed by atoms with Gasteiger partial charge in [0.05, 0.1) is 5.69 Å².